The molecule has 3 nitrogen and oxygen atoms in total. The summed E-state index contributed by atoms with van der Waals surface area (Å²) >= 11 is 0. The SMILES string of the molecule is CCC(C)(O)COc1cccc(CNC(C)C)c1. The van der Waals surface area contributed by atoms with Gasteiger partial charge in [0.1, 0.15) is 12.4 Å². The van der Waals surface area contributed by atoms with Crippen molar-refractivity contribution in [2.75, 3.05) is 6.61 Å². The van der Waals surface area contributed by atoms with Crippen LogP contribution in [0.2, 0.25) is 0 Å². The average Bonchev–Trinajstić information content (AvgIpc) is 2.35. The van der Waals surface area contributed by atoms with Crippen LogP contribution in [0.15, 0.2) is 24.3 Å². The summed E-state index contributed by atoms with van der Waals surface area (Å²) in [5.41, 5.74) is 0.434. The topological polar surface area (TPSA) is 41.5 Å². The third-order valence-corrected chi connectivity index (χ3v) is 2.92. The predicted molar refractivity (Wildman–Crippen MR) is 74.8 cm³/mol. The van der Waals surface area contributed by atoms with Gasteiger partial charge in [-0.3, -0.25) is 0 Å². The number of nitrogens with one attached hydrogen (secondary N) is 1. The second-order valence-electron chi connectivity index (χ2n) is 5.32. The molecule has 0 saturated heterocycles. The molecule has 102 valence electrons. The lowest BCUT2D eigenvalue weighted by molar-refractivity contribution is 0.00844. The average molecular weight is 251 g/mol. The van der Waals surface area contributed by atoms with E-state index in [4.69, 9.17) is 4.74 Å². The van der Waals surface area contributed by atoms with Crippen LogP contribution in [0.4, 0.5) is 0 Å². The van der Waals surface area contributed by atoms with Gasteiger partial charge in [-0.05, 0) is 31.0 Å². The highest BCUT2D eigenvalue weighted by Crippen LogP contribution is 2.16. The highest BCUT2D eigenvalue weighted by atomic mass is 16.5. The summed E-state index contributed by atoms with van der Waals surface area (Å²) in [7, 11) is 0. The molecule has 18 heavy (non-hydrogen) atoms. The molecule has 1 atom stereocenters. The number of rotatable bonds is 7. The Balaban J connectivity index is 2.54. The summed E-state index contributed by atoms with van der Waals surface area (Å²) in [5.74, 6) is 0.812. The summed E-state index contributed by atoms with van der Waals surface area (Å²) in [6.07, 6.45) is 0.682. The zero-order chi connectivity index (χ0) is 13.6. The lowest BCUT2D eigenvalue weighted by Crippen LogP contribution is -2.31. The van der Waals surface area contributed by atoms with Crippen LogP contribution in [0.1, 0.15) is 39.7 Å². The van der Waals surface area contributed by atoms with Gasteiger partial charge in [0.2, 0.25) is 0 Å². The van der Waals surface area contributed by atoms with Crippen molar-refractivity contribution < 1.29 is 9.84 Å². The van der Waals surface area contributed by atoms with E-state index in [-0.39, 0.29) is 0 Å². The van der Waals surface area contributed by atoms with Crippen LogP contribution < -0.4 is 10.1 Å². The molecule has 0 saturated carbocycles. The fourth-order valence-corrected chi connectivity index (χ4v) is 1.41. The summed E-state index contributed by atoms with van der Waals surface area (Å²) in [5, 5.41) is 13.3. The predicted octanol–water partition coefficient (Wildman–Crippen LogP) is 2.72. The first kappa shape index (κ1) is 15.0. The zero-order valence-electron chi connectivity index (χ0n) is 11.9. The number of ether oxygens (including phenoxy) is 1. The quantitative estimate of drug-likeness (QED) is 0.783. The Labute approximate surface area is 110 Å². The van der Waals surface area contributed by atoms with Crippen molar-refractivity contribution in [1.29, 1.82) is 0 Å². The van der Waals surface area contributed by atoms with Gasteiger partial charge in [-0.25, -0.2) is 0 Å². The molecule has 1 rings (SSSR count). The summed E-state index contributed by atoms with van der Waals surface area (Å²) in [6.45, 7) is 9.14. The molecule has 0 heterocycles. The van der Waals surface area contributed by atoms with Crippen molar-refractivity contribution in [1.82, 2.24) is 5.32 Å². The van der Waals surface area contributed by atoms with Gasteiger partial charge in [0, 0.05) is 12.6 Å². The van der Waals surface area contributed by atoms with E-state index in [1.807, 2.05) is 25.1 Å². The maximum Gasteiger partial charge on any atom is 0.119 e. The highest BCUT2D eigenvalue weighted by Gasteiger charge is 2.18. The Hall–Kier alpha value is -1.06. The van der Waals surface area contributed by atoms with Crippen LogP contribution in [0.5, 0.6) is 5.75 Å². The monoisotopic (exact) mass is 251 g/mol. The van der Waals surface area contributed by atoms with Crippen LogP contribution in [-0.2, 0) is 6.54 Å². The maximum absolute atomic E-state index is 9.89. The number of hydrogen-bond acceptors (Lipinski definition) is 3. The third kappa shape index (κ3) is 5.52. The Morgan fingerprint density at radius 1 is 1.39 bits per heavy atom. The van der Waals surface area contributed by atoms with E-state index in [9.17, 15) is 5.11 Å². The van der Waals surface area contributed by atoms with Crippen molar-refractivity contribution in [2.45, 2.75) is 52.3 Å². The molecule has 1 unspecified atom stereocenters. The van der Waals surface area contributed by atoms with Gasteiger partial charge in [0.15, 0.2) is 0 Å². The molecule has 0 bridgehead atoms. The van der Waals surface area contributed by atoms with E-state index in [0.29, 0.717) is 19.1 Å². The molecular weight excluding hydrogens is 226 g/mol. The minimum Gasteiger partial charge on any atom is -0.491 e. The van der Waals surface area contributed by atoms with E-state index in [1.54, 1.807) is 6.92 Å². The van der Waals surface area contributed by atoms with Crippen molar-refractivity contribution in [3.8, 4) is 5.75 Å². The van der Waals surface area contributed by atoms with E-state index < -0.39 is 5.60 Å². The minimum atomic E-state index is -0.758. The number of benzene rings is 1. The lowest BCUT2D eigenvalue weighted by Gasteiger charge is -2.21. The smallest absolute Gasteiger partial charge is 0.119 e. The molecule has 0 aliphatic heterocycles. The molecule has 0 aliphatic rings. The van der Waals surface area contributed by atoms with Crippen LogP contribution >= 0.6 is 0 Å². The van der Waals surface area contributed by atoms with Gasteiger partial charge in [-0.1, -0.05) is 32.9 Å². The Bertz CT molecular complexity index is 361. The van der Waals surface area contributed by atoms with E-state index in [1.165, 1.54) is 5.56 Å². The first-order valence-electron chi connectivity index (χ1n) is 6.60. The number of aliphatic hydroxyl groups is 1. The van der Waals surface area contributed by atoms with Crippen LogP contribution in [0.3, 0.4) is 0 Å². The molecule has 0 spiro atoms. The molecule has 0 fully saturated rings. The van der Waals surface area contributed by atoms with E-state index in [0.717, 1.165) is 12.3 Å². The van der Waals surface area contributed by atoms with Gasteiger partial charge in [0.05, 0.1) is 5.60 Å². The normalized spacial score (nSPS) is 14.6. The molecule has 0 aromatic heterocycles. The van der Waals surface area contributed by atoms with Crippen molar-refractivity contribution in [2.24, 2.45) is 0 Å². The second kappa shape index (κ2) is 6.76. The van der Waals surface area contributed by atoms with Gasteiger partial charge in [0.25, 0.3) is 0 Å². The Morgan fingerprint density at radius 2 is 2.11 bits per heavy atom. The van der Waals surface area contributed by atoms with Crippen molar-refractivity contribution in [3.05, 3.63) is 29.8 Å². The highest BCUT2D eigenvalue weighted by molar-refractivity contribution is 5.28. The molecule has 0 aliphatic carbocycles. The first-order valence-corrected chi connectivity index (χ1v) is 6.60. The molecule has 0 amide bonds. The van der Waals surface area contributed by atoms with Gasteiger partial charge < -0.3 is 15.2 Å². The first-order chi connectivity index (χ1) is 8.43. The molecular formula is C15H25NO2. The second-order valence-corrected chi connectivity index (χ2v) is 5.32. The van der Waals surface area contributed by atoms with Crippen LogP contribution in [0, 0.1) is 0 Å². The fourth-order valence-electron chi connectivity index (χ4n) is 1.41. The summed E-state index contributed by atoms with van der Waals surface area (Å²) < 4.78 is 5.63. The van der Waals surface area contributed by atoms with Gasteiger partial charge in [-0.15, -0.1) is 0 Å². The van der Waals surface area contributed by atoms with Gasteiger partial charge in [-0.2, -0.15) is 0 Å². The lowest BCUT2D eigenvalue weighted by atomic mass is 10.1. The minimum absolute atomic E-state index is 0.324. The van der Waals surface area contributed by atoms with Crippen LogP contribution in [-0.4, -0.2) is 23.4 Å². The van der Waals surface area contributed by atoms with E-state index >= 15 is 0 Å². The molecule has 1 aromatic carbocycles. The Kier molecular flexibility index (Phi) is 5.63. The summed E-state index contributed by atoms with van der Waals surface area (Å²) in [6, 6.07) is 8.45. The maximum atomic E-state index is 9.89. The van der Waals surface area contributed by atoms with E-state index in [2.05, 4.69) is 25.2 Å². The fraction of sp³-hybridized carbons (Fsp3) is 0.600. The zero-order valence-corrected chi connectivity index (χ0v) is 11.9. The standard InChI is InChI=1S/C15H25NO2/c1-5-15(4,17)11-18-14-8-6-7-13(9-14)10-16-12(2)3/h6-9,12,16-17H,5,10-11H2,1-4H3. The van der Waals surface area contributed by atoms with Crippen molar-refractivity contribution >= 4 is 0 Å². The van der Waals surface area contributed by atoms with Crippen LogP contribution in [0.25, 0.3) is 0 Å². The number of hydrogen-bond donors (Lipinski definition) is 2. The van der Waals surface area contributed by atoms with Crippen molar-refractivity contribution in [3.63, 3.8) is 0 Å². The largest absolute Gasteiger partial charge is 0.491 e. The molecule has 2 N–H and O–H groups in total. The Morgan fingerprint density at radius 3 is 2.72 bits per heavy atom. The molecule has 1 aromatic rings. The molecule has 3 heteroatoms. The molecule has 0 radical (unpaired) electrons. The summed E-state index contributed by atoms with van der Waals surface area (Å²) in [4.78, 5) is 0. The van der Waals surface area contributed by atoms with Gasteiger partial charge >= 0.3 is 0 Å². The third-order valence-electron chi connectivity index (χ3n) is 2.92.